The maximum atomic E-state index is 8.59. The molecule has 4 nitrogen and oxygen atoms in total. The Kier molecular flexibility index (Phi) is 3.10. The minimum atomic E-state index is -1.53. The average molecular weight is 166 g/mol. The standard InChI is InChI=1S/C7H11BN2O2/c1-10(9-8(11)12)7-5-3-2-4-6-7/h2-6,9,11-12H,1H3. The van der Waals surface area contributed by atoms with Crippen LogP contribution in [0.25, 0.3) is 0 Å². The number of rotatable bonds is 3. The third kappa shape index (κ3) is 2.54. The summed E-state index contributed by atoms with van der Waals surface area (Å²) in [4.78, 5) is 0. The Balaban J connectivity index is 2.59. The highest BCUT2D eigenvalue weighted by molar-refractivity contribution is 6.38. The quantitative estimate of drug-likeness (QED) is 0.422. The van der Waals surface area contributed by atoms with E-state index >= 15 is 0 Å². The van der Waals surface area contributed by atoms with E-state index < -0.39 is 7.25 Å². The second kappa shape index (κ2) is 4.11. The smallest absolute Gasteiger partial charge is 0.412 e. The van der Waals surface area contributed by atoms with Crippen molar-refractivity contribution >= 4 is 12.9 Å². The SMILES string of the molecule is CN(NB(O)O)c1ccccc1. The molecule has 0 aliphatic rings. The molecule has 1 rings (SSSR count). The van der Waals surface area contributed by atoms with E-state index in [9.17, 15) is 0 Å². The van der Waals surface area contributed by atoms with Crippen LogP contribution in [-0.2, 0) is 0 Å². The third-order valence-electron chi connectivity index (χ3n) is 1.45. The first kappa shape index (κ1) is 9.06. The van der Waals surface area contributed by atoms with Gasteiger partial charge in [0.2, 0.25) is 0 Å². The van der Waals surface area contributed by atoms with Gasteiger partial charge in [0, 0.05) is 7.05 Å². The van der Waals surface area contributed by atoms with E-state index in [4.69, 9.17) is 10.0 Å². The number of hydrazine groups is 1. The number of hydrogen-bond acceptors (Lipinski definition) is 4. The Morgan fingerprint density at radius 2 is 1.83 bits per heavy atom. The molecule has 64 valence electrons. The van der Waals surface area contributed by atoms with Crippen LogP contribution in [0.15, 0.2) is 30.3 Å². The van der Waals surface area contributed by atoms with E-state index in [0.29, 0.717) is 0 Å². The molecule has 0 aliphatic carbocycles. The molecule has 1 aromatic rings. The van der Waals surface area contributed by atoms with Gasteiger partial charge in [0.15, 0.2) is 0 Å². The van der Waals surface area contributed by atoms with Crippen LogP contribution in [0.1, 0.15) is 0 Å². The number of nitrogens with one attached hydrogen (secondary N) is 1. The Hall–Kier alpha value is -1.04. The van der Waals surface area contributed by atoms with E-state index in [2.05, 4.69) is 5.34 Å². The fourth-order valence-electron chi connectivity index (χ4n) is 0.899. The molecule has 0 spiro atoms. The summed E-state index contributed by atoms with van der Waals surface area (Å²) in [6.45, 7) is 0. The predicted octanol–water partition coefficient (Wildman–Crippen LogP) is -0.403. The summed E-state index contributed by atoms with van der Waals surface area (Å²) in [5, 5.41) is 21.1. The molecule has 0 atom stereocenters. The van der Waals surface area contributed by atoms with Crippen molar-refractivity contribution < 1.29 is 10.0 Å². The topological polar surface area (TPSA) is 55.7 Å². The third-order valence-corrected chi connectivity index (χ3v) is 1.45. The van der Waals surface area contributed by atoms with Gasteiger partial charge in [-0.05, 0) is 12.1 Å². The van der Waals surface area contributed by atoms with Gasteiger partial charge in [-0.3, -0.25) is 0 Å². The van der Waals surface area contributed by atoms with Crippen molar-refractivity contribution in [2.75, 3.05) is 12.1 Å². The summed E-state index contributed by atoms with van der Waals surface area (Å²) in [5.41, 5.74) is 0.866. The number of benzene rings is 1. The minimum absolute atomic E-state index is 0.866. The Morgan fingerprint density at radius 3 is 2.33 bits per heavy atom. The summed E-state index contributed by atoms with van der Waals surface area (Å²) in [7, 11) is 0.171. The normalized spacial score (nSPS) is 9.58. The molecule has 12 heavy (non-hydrogen) atoms. The predicted molar refractivity (Wildman–Crippen MR) is 48.2 cm³/mol. The molecule has 0 bridgehead atoms. The lowest BCUT2D eigenvalue weighted by atomic mass is 10.2. The summed E-state index contributed by atoms with van der Waals surface area (Å²) < 4.78 is 0. The first-order valence-electron chi connectivity index (χ1n) is 3.61. The summed E-state index contributed by atoms with van der Waals surface area (Å²) in [6, 6.07) is 9.35. The maximum absolute atomic E-state index is 8.59. The number of hydrogen-bond donors (Lipinski definition) is 3. The number of para-hydroxylation sites is 1. The van der Waals surface area contributed by atoms with E-state index in [1.54, 1.807) is 7.05 Å². The largest absolute Gasteiger partial charge is 0.568 e. The van der Waals surface area contributed by atoms with Crippen molar-refractivity contribution in [1.29, 1.82) is 0 Å². The Bertz CT molecular complexity index is 230. The zero-order chi connectivity index (χ0) is 8.97. The van der Waals surface area contributed by atoms with Crippen LogP contribution in [0, 0.1) is 0 Å². The lowest BCUT2D eigenvalue weighted by molar-refractivity contribution is 0.385. The minimum Gasteiger partial charge on any atom is -0.412 e. The van der Waals surface area contributed by atoms with E-state index in [0.717, 1.165) is 5.69 Å². The summed E-state index contributed by atoms with van der Waals surface area (Å²) >= 11 is 0. The molecular formula is C7H11BN2O2. The first-order chi connectivity index (χ1) is 5.70. The highest BCUT2D eigenvalue weighted by Crippen LogP contribution is 2.07. The van der Waals surface area contributed by atoms with Crippen LogP contribution in [0.5, 0.6) is 0 Å². The van der Waals surface area contributed by atoms with Gasteiger partial charge < -0.3 is 15.1 Å². The Labute approximate surface area is 71.6 Å². The molecule has 0 aromatic heterocycles. The fraction of sp³-hybridized carbons (Fsp3) is 0.143. The zero-order valence-electron chi connectivity index (χ0n) is 6.81. The van der Waals surface area contributed by atoms with Gasteiger partial charge in [-0.25, -0.2) is 5.34 Å². The molecule has 3 N–H and O–H groups in total. The second-order valence-electron chi connectivity index (χ2n) is 2.40. The lowest BCUT2D eigenvalue weighted by Crippen LogP contribution is -2.45. The van der Waals surface area contributed by atoms with Gasteiger partial charge in [0.1, 0.15) is 0 Å². The van der Waals surface area contributed by atoms with Crippen LogP contribution in [0.4, 0.5) is 5.69 Å². The molecule has 0 radical (unpaired) electrons. The van der Waals surface area contributed by atoms with Gasteiger partial charge in [-0.2, -0.15) is 0 Å². The average Bonchev–Trinajstić information content (AvgIpc) is 2.05. The lowest BCUT2D eigenvalue weighted by Gasteiger charge is -2.19. The molecule has 0 unspecified atom stereocenters. The molecule has 0 heterocycles. The van der Waals surface area contributed by atoms with Gasteiger partial charge in [0.25, 0.3) is 0 Å². The van der Waals surface area contributed by atoms with Crippen molar-refractivity contribution in [3.8, 4) is 0 Å². The van der Waals surface area contributed by atoms with Crippen molar-refractivity contribution in [3.05, 3.63) is 30.3 Å². The molecule has 0 amide bonds. The highest BCUT2D eigenvalue weighted by Gasteiger charge is 2.09. The number of nitrogens with zero attached hydrogens (tertiary/aromatic N) is 1. The van der Waals surface area contributed by atoms with Crippen molar-refractivity contribution in [1.82, 2.24) is 5.34 Å². The van der Waals surface area contributed by atoms with E-state index in [-0.39, 0.29) is 0 Å². The zero-order valence-corrected chi connectivity index (χ0v) is 6.81. The molecule has 0 saturated carbocycles. The second-order valence-corrected chi connectivity index (χ2v) is 2.40. The maximum Gasteiger partial charge on any atom is 0.568 e. The molecule has 1 aromatic carbocycles. The highest BCUT2D eigenvalue weighted by atomic mass is 16.4. The van der Waals surface area contributed by atoms with Gasteiger partial charge in [0.05, 0.1) is 5.69 Å². The molecule has 0 fully saturated rings. The van der Waals surface area contributed by atoms with Crippen LogP contribution in [-0.4, -0.2) is 24.3 Å². The molecule has 0 saturated heterocycles. The van der Waals surface area contributed by atoms with Crippen LogP contribution in [0.2, 0.25) is 0 Å². The van der Waals surface area contributed by atoms with Gasteiger partial charge >= 0.3 is 7.25 Å². The first-order valence-corrected chi connectivity index (χ1v) is 3.61. The molecule has 0 aliphatic heterocycles. The van der Waals surface area contributed by atoms with E-state index in [1.807, 2.05) is 30.3 Å². The van der Waals surface area contributed by atoms with Gasteiger partial charge in [-0.15, -0.1) is 0 Å². The van der Waals surface area contributed by atoms with E-state index in [1.165, 1.54) is 5.01 Å². The molecule has 5 heteroatoms. The number of anilines is 1. The Morgan fingerprint density at radius 1 is 1.25 bits per heavy atom. The van der Waals surface area contributed by atoms with Crippen molar-refractivity contribution in [3.63, 3.8) is 0 Å². The van der Waals surface area contributed by atoms with Crippen LogP contribution >= 0.6 is 0 Å². The summed E-state index contributed by atoms with van der Waals surface area (Å²) in [6.07, 6.45) is 0. The van der Waals surface area contributed by atoms with Gasteiger partial charge in [-0.1, -0.05) is 18.2 Å². The van der Waals surface area contributed by atoms with Crippen LogP contribution in [0.3, 0.4) is 0 Å². The molecular weight excluding hydrogens is 155 g/mol. The van der Waals surface area contributed by atoms with Crippen molar-refractivity contribution in [2.45, 2.75) is 0 Å². The summed E-state index contributed by atoms with van der Waals surface area (Å²) in [5.74, 6) is 0. The van der Waals surface area contributed by atoms with Crippen LogP contribution < -0.4 is 10.3 Å². The van der Waals surface area contributed by atoms with Crippen molar-refractivity contribution in [2.24, 2.45) is 0 Å². The fourth-order valence-corrected chi connectivity index (χ4v) is 0.899. The monoisotopic (exact) mass is 166 g/mol.